The molecule has 240 valence electrons. The molecule has 4 aromatic rings. The van der Waals surface area contributed by atoms with Gasteiger partial charge in [0.1, 0.15) is 22.6 Å². The fourth-order valence-electron chi connectivity index (χ4n) is 6.12. The van der Waals surface area contributed by atoms with E-state index in [-0.39, 0.29) is 18.0 Å². The van der Waals surface area contributed by atoms with Crippen LogP contribution in [0.2, 0.25) is 0 Å². The number of nitrogen functional groups attached to an aromatic ring is 1. The first kappa shape index (κ1) is 31.5. The molecule has 1 aliphatic carbocycles. The molecule has 3 aromatic carbocycles. The van der Waals surface area contributed by atoms with Crippen LogP contribution in [-0.4, -0.2) is 60.6 Å². The molecule has 1 fully saturated rings. The second-order valence-electron chi connectivity index (χ2n) is 12.6. The van der Waals surface area contributed by atoms with Gasteiger partial charge in [0.25, 0.3) is 5.91 Å². The molecule has 2 aliphatic rings. The Labute approximate surface area is 270 Å². The van der Waals surface area contributed by atoms with E-state index in [0.717, 1.165) is 11.3 Å². The molecule has 2 heterocycles. The third-order valence-electron chi connectivity index (χ3n) is 8.35. The molecule has 46 heavy (non-hydrogen) atoms. The smallest absolute Gasteiger partial charge is 0.410 e. The van der Waals surface area contributed by atoms with Gasteiger partial charge in [0.05, 0.1) is 34.3 Å². The van der Waals surface area contributed by atoms with Crippen LogP contribution in [0.3, 0.4) is 0 Å². The second-order valence-corrected chi connectivity index (χ2v) is 13.6. The van der Waals surface area contributed by atoms with Gasteiger partial charge in [-0.1, -0.05) is 36.4 Å². The van der Waals surface area contributed by atoms with Crippen LogP contribution >= 0.6 is 11.3 Å². The van der Waals surface area contributed by atoms with E-state index in [1.807, 2.05) is 30.3 Å². The van der Waals surface area contributed by atoms with Crippen LogP contribution in [0.15, 0.2) is 66.7 Å². The molecular weight excluding hydrogens is 606 g/mol. The van der Waals surface area contributed by atoms with Crippen LogP contribution in [0.4, 0.5) is 10.5 Å². The average Bonchev–Trinajstić information content (AvgIpc) is 3.62. The number of methoxy groups -OCH3 is 1. The largest absolute Gasteiger partial charge is 0.457 e. The van der Waals surface area contributed by atoms with Crippen molar-refractivity contribution in [1.82, 2.24) is 10.2 Å². The Bertz CT molecular complexity index is 1820. The van der Waals surface area contributed by atoms with Crippen molar-refractivity contribution in [3.8, 4) is 11.5 Å². The maximum atomic E-state index is 14.1. The summed E-state index contributed by atoms with van der Waals surface area (Å²) in [7, 11) is 1.52. The molecule has 2 amide bonds. The summed E-state index contributed by atoms with van der Waals surface area (Å²) in [5.41, 5.74) is 19.7. The summed E-state index contributed by atoms with van der Waals surface area (Å²) in [5.74, 6) is 0.349. The molecule has 0 radical (unpaired) electrons. The topological polar surface area (TPSA) is 172 Å². The van der Waals surface area contributed by atoms with Crippen molar-refractivity contribution < 1.29 is 28.6 Å². The summed E-state index contributed by atoms with van der Waals surface area (Å²) in [6.07, 6.45) is -0.962. The van der Waals surface area contributed by atoms with Gasteiger partial charge in [-0.25, -0.2) is 4.79 Å². The fourth-order valence-corrected chi connectivity index (χ4v) is 7.32. The Morgan fingerprint density at radius 3 is 2.33 bits per heavy atom. The highest BCUT2D eigenvalue weighted by atomic mass is 32.1. The number of anilines is 1. The number of nitrogens with one attached hydrogen (secondary N) is 1. The maximum absolute atomic E-state index is 14.1. The summed E-state index contributed by atoms with van der Waals surface area (Å²) in [5, 5.41) is 3.60. The molecule has 0 spiro atoms. The van der Waals surface area contributed by atoms with Gasteiger partial charge >= 0.3 is 6.09 Å². The second kappa shape index (κ2) is 11.7. The van der Waals surface area contributed by atoms with Crippen LogP contribution in [0.25, 0.3) is 10.1 Å². The number of hydrogen-bond donors (Lipinski definition) is 4. The van der Waals surface area contributed by atoms with E-state index in [4.69, 9.17) is 31.4 Å². The Morgan fingerprint density at radius 1 is 1.00 bits per heavy atom. The van der Waals surface area contributed by atoms with E-state index < -0.39 is 47.1 Å². The van der Waals surface area contributed by atoms with Gasteiger partial charge < -0.3 is 41.6 Å². The Hall–Kier alpha value is -4.49. The first-order chi connectivity index (χ1) is 21.8. The lowest BCUT2D eigenvalue weighted by Gasteiger charge is -2.36. The third kappa shape index (κ3) is 5.47. The summed E-state index contributed by atoms with van der Waals surface area (Å²) in [6.45, 7) is 5.80. The van der Waals surface area contributed by atoms with Gasteiger partial charge in [0.15, 0.2) is 5.78 Å². The molecule has 6 rings (SSSR count). The number of Topliss-reactive ketones (excluding diaryl/α,β-unsaturated/α-hetero) is 1. The Morgan fingerprint density at radius 2 is 1.67 bits per heavy atom. The fraction of sp³-hybridized carbons (Fsp3) is 0.324. The average molecular weight is 644 g/mol. The summed E-state index contributed by atoms with van der Waals surface area (Å²) in [4.78, 5) is 42.5. The highest BCUT2D eigenvalue weighted by Gasteiger charge is 2.49. The van der Waals surface area contributed by atoms with E-state index in [9.17, 15) is 14.4 Å². The minimum absolute atomic E-state index is 0.188. The number of benzene rings is 3. The van der Waals surface area contributed by atoms with Crippen LogP contribution in [-0.2, 0) is 19.8 Å². The monoisotopic (exact) mass is 643 g/mol. The zero-order valence-electron chi connectivity index (χ0n) is 26.0. The van der Waals surface area contributed by atoms with Crippen LogP contribution < -0.4 is 27.3 Å². The molecule has 12 heteroatoms. The normalized spacial score (nSPS) is 22.6. The summed E-state index contributed by atoms with van der Waals surface area (Å²) >= 11 is 1.16. The lowest BCUT2D eigenvalue weighted by Crippen LogP contribution is -2.52. The van der Waals surface area contributed by atoms with Gasteiger partial charge in [-0.2, -0.15) is 0 Å². The minimum Gasteiger partial charge on any atom is -0.457 e. The third-order valence-corrected chi connectivity index (χ3v) is 9.60. The van der Waals surface area contributed by atoms with Crippen molar-refractivity contribution in [2.75, 3.05) is 25.9 Å². The van der Waals surface area contributed by atoms with E-state index in [1.165, 1.54) is 12.0 Å². The number of amides is 2. The number of carbonyl (C=O) groups is 3. The van der Waals surface area contributed by atoms with E-state index >= 15 is 0 Å². The van der Waals surface area contributed by atoms with Gasteiger partial charge in [0, 0.05) is 30.3 Å². The van der Waals surface area contributed by atoms with Gasteiger partial charge in [0.2, 0.25) is 0 Å². The van der Waals surface area contributed by atoms with Crippen molar-refractivity contribution in [2.45, 2.75) is 50.1 Å². The van der Waals surface area contributed by atoms with Crippen LogP contribution in [0, 0.1) is 0 Å². The minimum atomic E-state index is -1.60. The van der Waals surface area contributed by atoms with Crippen molar-refractivity contribution in [2.24, 2.45) is 11.5 Å². The summed E-state index contributed by atoms with van der Waals surface area (Å²) < 4.78 is 17.7. The highest BCUT2D eigenvalue weighted by molar-refractivity contribution is 7.21. The molecule has 4 atom stereocenters. The number of carbonyl (C=O) groups excluding carboxylic acids is 3. The molecule has 1 aromatic heterocycles. The molecule has 7 N–H and O–H groups in total. The van der Waals surface area contributed by atoms with Crippen molar-refractivity contribution in [3.63, 3.8) is 0 Å². The number of nitrogens with zero attached hydrogens (tertiary/aromatic N) is 1. The van der Waals surface area contributed by atoms with E-state index in [2.05, 4.69) is 5.32 Å². The number of para-hydroxylation sites is 1. The number of thiophene rings is 1. The summed E-state index contributed by atoms with van der Waals surface area (Å²) in [6, 6.07) is 18.0. The molecule has 2 unspecified atom stereocenters. The quantitative estimate of drug-likeness (QED) is 0.222. The van der Waals surface area contributed by atoms with Crippen molar-refractivity contribution in [1.29, 1.82) is 0 Å². The number of ether oxygens (including phenoxy) is 3. The standard InChI is InChI=1S/C34H37N5O6S/c1-33(2,3)45-32(42)39-16-23(24(17-39)43-4)38-31(41)29-26-25-21(14-15-22(35)28(25)46-29)34(37,30(40)27(26)36)18-10-12-20(13-11-18)44-19-8-6-5-7-9-19/h5-15,23-24,27H,16-17,35-37H2,1-4H3,(H,38,41)/t23-,24-,27?,34?/m0/s1. The maximum Gasteiger partial charge on any atom is 0.410 e. The lowest BCUT2D eigenvalue weighted by molar-refractivity contribution is -0.124. The van der Waals surface area contributed by atoms with E-state index in [1.54, 1.807) is 57.2 Å². The Balaban J connectivity index is 1.33. The van der Waals surface area contributed by atoms with Gasteiger partial charge in [-0.05, 0) is 62.2 Å². The number of ketones is 1. The predicted octanol–water partition coefficient (Wildman–Crippen LogP) is 4.42. The first-order valence-corrected chi connectivity index (χ1v) is 15.7. The first-order valence-electron chi connectivity index (χ1n) is 14.9. The lowest BCUT2D eigenvalue weighted by atomic mass is 9.70. The van der Waals surface area contributed by atoms with Gasteiger partial charge in [-0.15, -0.1) is 11.3 Å². The predicted molar refractivity (Wildman–Crippen MR) is 176 cm³/mol. The van der Waals surface area contributed by atoms with Crippen molar-refractivity contribution >= 4 is 44.9 Å². The number of hydrogen-bond acceptors (Lipinski definition) is 10. The molecule has 11 nitrogen and oxygen atoms in total. The molecular formula is C34H37N5O6S. The highest BCUT2D eigenvalue weighted by Crippen LogP contribution is 2.49. The Kier molecular flexibility index (Phi) is 8.01. The van der Waals surface area contributed by atoms with Crippen molar-refractivity contribution in [3.05, 3.63) is 88.3 Å². The van der Waals surface area contributed by atoms with Gasteiger partial charge in [-0.3, -0.25) is 9.59 Å². The molecule has 0 saturated carbocycles. The number of nitrogens with two attached hydrogens (primary N) is 3. The van der Waals surface area contributed by atoms with E-state index in [0.29, 0.717) is 44.0 Å². The van der Waals surface area contributed by atoms with Crippen LogP contribution in [0.5, 0.6) is 11.5 Å². The van der Waals surface area contributed by atoms with Crippen LogP contribution in [0.1, 0.15) is 53.2 Å². The number of rotatable bonds is 6. The molecule has 1 saturated heterocycles. The number of likely N-dealkylation sites (tertiary alicyclic amines) is 1. The zero-order valence-corrected chi connectivity index (χ0v) is 26.9. The molecule has 0 bridgehead atoms. The SMILES string of the molecule is CO[C@H]1CN(C(=O)OC(C)(C)C)C[C@@H]1NC(=O)c1sc2c(N)ccc3c2c1C(N)C(=O)C3(N)c1ccc(Oc2ccccc2)cc1. The zero-order chi connectivity index (χ0) is 33.0. The molecule has 1 aliphatic heterocycles.